The average molecular weight is 214 g/mol. The van der Waals surface area contributed by atoms with Gasteiger partial charge in [-0.2, -0.15) is 0 Å². The SMILES string of the molecule is CCC(C(C)C)n1c(CO)c[nH]c1=S. The Bertz CT molecular complexity index is 340. The van der Waals surface area contributed by atoms with E-state index in [4.69, 9.17) is 12.2 Å². The lowest BCUT2D eigenvalue weighted by atomic mass is 10.0. The van der Waals surface area contributed by atoms with Crippen LogP contribution in [0.25, 0.3) is 0 Å². The number of hydrogen-bond acceptors (Lipinski definition) is 2. The Hall–Kier alpha value is -0.610. The van der Waals surface area contributed by atoms with Crippen molar-refractivity contribution in [3.8, 4) is 0 Å². The van der Waals surface area contributed by atoms with Crippen LogP contribution in [-0.4, -0.2) is 14.7 Å². The molecule has 4 heteroatoms. The third-order valence-electron chi connectivity index (χ3n) is 2.57. The number of aliphatic hydroxyl groups is 1. The quantitative estimate of drug-likeness (QED) is 0.756. The summed E-state index contributed by atoms with van der Waals surface area (Å²) in [4.78, 5) is 2.98. The first-order valence-corrected chi connectivity index (χ1v) is 5.42. The number of aliphatic hydroxyl groups excluding tert-OH is 1. The maximum absolute atomic E-state index is 9.17. The molecule has 1 unspecified atom stereocenters. The van der Waals surface area contributed by atoms with Crippen molar-refractivity contribution in [3.05, 3.63) is 16.7 Å². The van der Waals surface area contributed by atoms with Gasteiger partial charge in [0.1, 0.15) is 0 Å². The van der Waals surface area contributed by atoms with Crippen molar-refractivity contribution in [1.82, 2.24) is 9.55 Å². The third-order valence-corrected chi connectivity index (χ3v) is 2.89. The minimum absolute atomic E-state index is 0.0381. The smallest absolute Gasteiger partial charge is 0.177 e. The van der Waals surface area contributed by atoms with Crippen LogP contribution in [-0.2, 0) is 6.61 Å². The Morgan fingerprint density at radius 2 is 2.21 bits per heavy atom. The lowest BCUT2D eigenvalue weighted by Gasteiger charge is -2.22. The molecule has 1 heterocycles. The summed E-state index contributed by atoms with van der Waals surface area (Å²) in [6.45, 7) is 6.52. The van der Waals surface area contributed by atoms with Crippen molar-refractivity contribution in [3.63, 3.8) is 0 Å². The summed E-state index contributed by atoms with van der Waals surface area (Å²) in [6, 6.07) is 0.371. The molecule has 14 heavy (non-hydrogen) atoms. The number of hydrogen-bond donors (Lipinski definition) is 2. The van der Waals surface area contributed by atoms with E-state index < -0.39 is 0 Å². The number of rotatable bonds is 4. The Kier molecular flexibility index (Phi) is 3.89. The number of imidazole rings is 1. The molecule has 0 aromatic carbocycles. The summed E-state index contributed by atoms with van der Waals surface area (Å²) < 4.78 is 2.73. The molecule has 0 fully saturated rings. The van der Waals surface area contributed by atoms with E-state index in [9.17, 15) is 5.11 Å². The Labute approximate surface area is 89.8 Å². The first-order valence-electron chi connectivity index (χ1n) is 5.01. The summed E-state index contributed by atoms with van der Waals surface area (Å²) in [5.41, 5.74) is 0.871. The monoisotopic (exact) mass is 214 g/mol. The van der Waals surface area contributed by atoms with Gasteiger partial charge < -0.3 is 14.7 Å². The van der Waals surface area contributed by atoms with Gasteiger partial charge in [0.2, 0.25) is 0 Å². The molecule has 1 atom stereocenters. The summed E-state index contributed by atoms with van der Waals surface area (Å²) in [7, 11) is 0. The van der Waals surface area contributed by atoms with Gasteiger partial charge in [0.25, 0.3) is 0 Å². The second kappa shape index (κ2) is 4.75. The van der Waals surface area contributed by atoms with Crippen LogP contribution in [0, 0.1) is 10.7 Å². The largest absolute Gasteiger partial charge is 0.390 e. The van der Waals surface area contributed by atoms with Gasteiger partial charge in [0, 0.05) is 12.2 Å². The number of aromatic nitrogens is 2. The minimum Gasteiger partial charge on any atom is -0.390 e. The summed E-state index contributed by atoms with van der Waals surface area (Å²) in [6.07, 6.45) is 2.81. The van der Waals surface area contributed by atoms with Crippen molar-refractivity contribution < 1.29 is 5.11 Å². The normalized spacial score (nSPS) is 13.5. The van der Waals surface area contributed by atoms with Crippen LogP contribution in [0.5, 0.6) is 0 Å². The van der Waals surface area contributed by atoms with Gasteiger partial charge in [-0.3, -0.25) is 0 Å². The highest BCUT2D eigenvalue weighted by molar-refractivity contribution is 7.71. The molecule has 2 N–H and O–H groups in total. The second-order valence-corrected chi connectivity index (χ2v) is 4.22. The van der Waals surface area contributed by atoms with Gasteiger partial charge in [-0.15, -0.1) is 0 Å². The molecule has 0 saturated heterocycles. The zero-order valence-corrected chi connectivity index (χ0v) is 9.77. The summed E-state index contributed by atoms with van der Waals surface area (Å²) in [5.74, 6) is 0.521. The molecule has 0 bridgehead atoms. The third kappa shape index (κ3) is 2.07. The van der Waals surface area contributed by atoms with Crippen molar-refractivity contribution in [2.75, 3.05) is 0 Å². The van der Waals surface area contributed by atoms with E-state index in [1.807, 2.05) is 4.57 Å². The van der Waals surface area contributed by atoms with Gasteiger partial charge in [-0.1, -0.05) is 20.8 Å². The lowest BCUT2D eigenvalue weighted by molar-refractivity contribution is 0.255. The molecule has 0 aliphatic heterocycles. The molecule has 80 valence electrons. The van der Waals surface area contributed by atoms with Crippen molar-refractivity contribution in [2.45, 2.75) is 39.8 Å². The fourth-order valence-corrected chi connectivity index (χ4v) is 2.16. The topological polar surface area (TPSA) is 41.0 Å². The van der Waals surface area contributed by atoms with Crippen LogP contribution in [0.4, 0.5) is 0 Å². The van der Waals surface area contributed by atoms with E-state index in [0.717, 1.165) is 12.1 Å². The fraction of sp³-hybridized carbons (Fsp3) is 0.700. The Morgan fingerprint density at radius 1 is 1.57 bits per heavy atom. The summed E-state index contributed by atoms with van der Waals surface area (Å²) in [5, 5.41) is 9.17. The molecule has 0 aliphatic carbocycles. The van der Waals surface area contributed by atoms with Gasteiger partial charge >= 0.3 is 0 Å². The first kappa shape index (κ1) is 11.5. The van der Waals surface area contributed by atoms with Gasteiger partial charge in [-0.25, -0.2) is 0 Å². The molecule has 0 amide bonds. The molecule has 1 aromatic rings. The first-order chi connectivity index (χ1) is 6.61. The molecular weight excluding hydrogens is 196 g/mol. The predicted molar refractivity (Wildman–Crippen MR) is 59.7 cm³/mol. The highest BCUT2D eigenvalue weighted by Gasteiger charge is 2.16. The van der Waals surface area contributed by atoms with E-state index in [0.29, 0.717) is 16.7 Å². The van der Waals surface area contributed by atoms with E-state index in [1.165, 1.54) is 0 Å². The molecule has 3 nitrogen and oxygen atoms in total. The molecular formula is C10H18N2OS. The highest BCUT2D eigenvalue weighted by atomic mass is 32.1. The molecule has 1 aromatic heterocycles. The fourth-order valence-electron chi connectivity index (χ4n) is 1.85. The number of H-pyrrole nitrogens is 1. The van der Waals surface area contributed by atoms with Crippen molar-refractivity contribution in [2.24, 2.45) is 5.92 Å². The zero-order chi connectivity index (χ0) is 10.7. The van der Waals surface area contributed by atoms with E-state index in [2.05, 4.69) is 25.8 Å². The lowest BCUT2D eigenvalue weighted by Crippen LogP contribution is -2.16. The van der Waals surface area contributed by atoms with E-state index in [1.54, 1.807) is 6.20 Å². The maximum Gasteiger partial charge on any atom is 0.177 e. The Balaban J connectivity index is 3.14. The van der Waals surface area contributed by atoms with Gasteiger partial charge in [0.05, 0.1) is 12.3 Å². The van der Waals surface area contributed by atoms with Crippen LogP contribution in [0.1, 0.15) is 38.9 Å². The molecule has 0 saturated carbocycles. The average Bonchev–Trinajstić information content (AvgIpc) is 2.49. The minimum atomic E-state index is 0.0381. The van der Waals surface area contributed by atoms with Gasteiger partial charge in [-0.05, 0) is 24.6 Å². The number of nitrogens with one attached hydrogen (secondary N) is 1. The van der Waals surface area contributed by atoms with Crippen molar-refractivity contribution in [1.29, 1.82) is 0 Å². The van der Waals surface area contributed by atoms with E-state index >= 15 is 0 Å². The molecule has 1 rings (SSSR count). The van der Waals surface area contributed by atoms with Crippen LogP contribution < -0.4 is 0 Å². The predicted octanol–water partition coefficient (Wildman–Crippen LogP) is 2.65. The van der Waals surface area contributed by atoms with Crippen LogP contribution in [0.15, 0.2) is 6.20 Å². The highest BCUT2D eigenvalue weighted by Crippen LogP contribution is 2.23. The van der Waals surface area contributed by atoms with Crippen LogP contribution in [0.2, 0.25) is 0 Å². The molecule has 0 spiro atoms. The zero-order valence-electron chi connectivity index (χ0n) is 8.95. The van der Waals surface area contributed by atoms with Gasteiger partial charge in [0.15, 0.2) is 4.77 Å². The number of aromatic amines is 1. The second-order valence-electron chi connectivity index (χ2n) is 3.83. The molecule has 0 radical (unpaired) electrons. The van der Waals surface area contributed by atoms with Crippen molar-refractivity contribution >= 4 is 12.2 Å². The summed E-state index contributed by atoms with van der Waals surface area (Å²) >= 11 is 5.20. The van der Waals surface area contributed by atoms with Crippen LogP contribution >= 0.6 is 12.2 Å². The van der Waals surface area contributed by atoms with E-state index in [-0.39, 0.29) is 6.61 Å². The maximum atomic E-state index is 9.17. The standard InChI is InChI=1S/C10H18N2OS/c1-4-9(7(2)3)12-8(6-13)5-11-10(12)14/h5,7,9,13H,4,6H2,1-3H3,(H,11,14). The van der Waals surface area contributed by atoms with Crippen LogP contribution in [0.3, 0.4) is 0 Å². The Morgan fingerprint density at radius 3 is 2.64 bits per heavy atom. The molecule has 0 aliphatic rings. The number of nitrogens with zero attached hydrogens (tertiary/aromatic N) is 1.